The molecule has 0 radical (unpaired) electrons. The van der Waals surface area contributed by atoms with Crippen LogP contribution in [0.1, 0.15) is 5.69 Å². The first-order valence-corrected chi connectivity index (χ1v) is 7.12. The molecule has 21 heavy (non-hydrogen) atoms. The summed E-state index contributed by atoms with van der Waals surface area (Å²) in [6, 6.07) is 10.1. The molecule has 2 aromatic heterocycles. The van der Waals surface area contributed by atoms with Gasteiger partial charge in [0.2, 0.25) is 0 Å². The zero-order valence-corrected chi connectivity index (χ0v) is 11.8. The van der Waals surface area contributed by atoms with Gasteiger partial charge in [-0.25, -0.2) is 4.98 Å². The topological polar surface area (TPSA) is 72.4 Å². The van der Waals surface area contributed by atoms with Gasteiger partial charge in [-0.1, -0.05) is 18.2 Å². The Morgan fingerprint density at radius 3 is 2.52 bits per heavy atom. The molecule has 0 bridgehead atoms. The van der Waals surface area contributed by atoms with E-state index in [1.807, 2.05) is 29.3 Å². The van der Waals surface area contributed by atoms with Crippen molar-refractivity contribution in [2.45, 2.75) is 6.54 Å². The van der Waals surface area contributed by atoms with E-state index in [1.165, 1.54) is 0 Å². The molecule has 0 saturated heterocycles. The summed E-state index contributed by atoms with van der Waals surface area (Å²) in [4.78, 5) is 10.00. The van der Waals surface area contributed by atoms with Crippen molar-refractivity contribution in [1.82, 2.24) is 14.9 Å². The Labute approximate surface area is 122 Å². The Hall–Kier alpha value is -1.95. The lowest BCUT2D eigenvalue weighted by Gasteiger charge is -2.20. The number of aromatic nitrogens is 2. The molecule has 0 fully saturated rings. The number of benzene rings is 1. The number of aromatic amines is 1. The molecule has 0 amide bonds. The third-order valence-corrected chi connectivity index (χ3v) is 3.69. The lowest BCUT2D eigenvalue weighted by molar-refractivity contribution is 0.155. The van der Waals surface area contributed by atoms with Gasteiger partial charge in [-0.3, -0.25) is 4.90 Å². The molecule has 0 aliphatic heterocycles. The first-order chi connectivity index (χ1) is 10.3. The van der Waals surface area contributed by atoms with E-state index in [1.54, 1.807) is 0 Å². The molecule has 3 rings (SSSR count). The van der Waals surface area contributed by atoms with Crippen LogP contribution in [0.2, 0.25) is 0 Å². The molecular weight excluding hydrogens is 266 g/mol. The van der Waals surface area contributed by atoms with Crippen LogP contribution in [0.3, 0.4) is 0 Å². The summed E-state index contributed by atoms with van der Waals surface area (Å²) in [5, 5.41) is 20.6. The van der Waals surface area contributed by atoms with Gasteiger partial charge in [0.05, 0.1) is 29.9 Å². The molecule has 0 aliphatic carbocycles. The molecule has 0 aliphatic rings. The number of aliphatic hydroxyl groups excluding tert-OH is 2. The molecule has 1 aromatic carbocycles. The van der Waals surface area contributed by atoms with E-state index in [-0.39, 0.29) is 13.2 Å². The summed E-state index contributed by atoms with van der Waals surface area (Å²) < 4.78 is 0. The quantitative estimate of drug-likeness (QED) is 0.642. The smallest absolute Gasteiger partial charge is 0.0792 e. The average molecular weight is 285 g/mol. The Balaban J connectivity index is 2.05. The first kappa shape index (κ1) is 14.0. The van der Waals surface area contributed by atoms with Crippen molar-refractivity contribution in [3.05, 3.63) is 42.2 Å². The van der Waals surface area contributed by atoms with Crippen LogP contribution >= 0.6 is 0 Å². The van der Waals surface area contributed by atoms with Gasteiger partial charge in [-0.05, 0) is 12.1 Å². The number of rotatable bonds is 6. The summed E-state index contributed by atoms with van der Waals surface area (Å²) in [6.45, 7) is 1.79. The van der Waals surface area contributed by atoms with E-state index in [0.717, 1.165) is 27.5 Å². The van der Waals surface area contributed by atoms with E-state index < -0.39 is 0 Å². The third kappa shape index (κ3) is 2.76. The van der Waals surface area contributed by atoms with Crippen LogP contribution in [-0.4, -0.2) is 51.4 Å². The molecule has 0 spiro atoms. The largest absolute Gasteiger partial charge is 0.395 e. The highest BCUT2D eigenvalue weighted by Gasteiger charge is 2.12. The predicted octanol–water partition coefficient (Wildman–Crippen LogP) is 1.50. The Kier molecular flexibility index (Phi) is 4.15. The second kappa shape index (κ2) is 6.22. The van der Waals surface area contributed by atoms with Gasteiger partial charge in [0.15, 0.2) is 0 Å². The van der Waals surface area contributed by atoms with Gasteiger partial charge in [-0.15, -0.1) is 0 Å². The molecule has 0 atom stereocenters. The highest BCUT2D eigenvalue weighted by molar-refractivity contribution is 6.05. The van der Waals surface area contributed by atoms with Crippen LogP contribution in [0.4, 0.5) is 0 Å². The van der Waals surface area contributed by atoms with Crippen molar-refractivity contribution in [2.24, 2.45) is 0 Å². The zero-order chi connectivity index (χ0) is 14.7. The Morgan fingerprint density at radius 2 is 1.76 bits per heavy atom. The number of para-hydroxylation sites is 1. The number of nitrogens with one attached hydrogen (secondary N) is 1. The average Bonchev–Trinajstić information content (AvgIpc) is 2.98. The lowest BCUT2D eigenvalue weighted by Crippen LogP contribution is -2.29. The van der Waals surface area contributed by atoms with Crippen molar-refractivity contribution in [1.29, 1.82) is 0 Å². The summed E-state index contributed by atoms with van der Waals surface area (Å²) >= 11 is 0. The summed E-state index contributed by atoms with van der Waals surface area (Å²) in [5.74, 6) is 0. The highest BCUT2D eigenvalue weighted by atomic mass is 16.3. The van der Waals surface area contributed by atoms with Gasteiger partial charge in [0, 0.05) is 36.6 Å². The molecule has 0 unspecified atom stereocenters. The van der Waals surface area contributed by atoms with Crippen molar-refractivity contribution >= 4 is 21.8 Å². The van der Waals surface area contributed by atoms with E-state index in [4.69, 9.17) is 15.2 Å². The number of fused-ring (bicyclic) bond motifs is 3. The van der Waals surface area contributed by atoms with Gasteiger partial charge >= 0.3 is 0 Å². The van der Waals surface area contributed by atoms with Crippen LogP contribution < -0.4 is 0 Å². The van der Waals surface area contributed by atoms with Gasteiger partial charge in [0.25, 0.3) is 0 Å². The summed E-state index contributed by atoms with van der Waals surface area (Å²) in [5.41, 5.74) is 2.93. The molecule has 110 valence electrons. The number of H-pyrrole nitrogens is 1. The second-order valence-corrected chi connectivity index (χ2v) is 5.07. The normalized spacial score (nSPS) is 11.8. The maximum absolute atomic E-state index is 9.13. The minimum Gasteiger partial charge on any atom is -0.395 e. The van der Waals surface area contributed by atoms with E-state index in [0.29, 0.717) is 19.6 Å². The number of hydrogen-bond donors (Lipinski definition) is 3. The van der Waals surface area contributed by atoms with Crippen molar-refractivity contribution < 1.29 is 10.2 Å². The SMILES string of the molecule is OCCN(CCO)Cc1nc2ccccc2c2cc[nH]c12. The summed E-state index contributed by atoms with van der Waals surface area (Å²) in [6.07, 6.45) is 1.92. The van der Waals surface area contributed by atoms with Gasteiger partial charge in [-0.2, -0.15) is 0 Å². The second-order valence-electron chi connectivity index (χ2n) is 5.07. The highest BCUT2D eigenvalue weighted by Crippen LogP contribution is 2.26. The van der Waals surface area contributed by atoms with Crippen LogP contribution in [0.5, 0.6) is 0 Å². The lowest BCUT2D eigenvalue weighted by atomic mass is 10.1. The van der Waals surface area contributed by atoms with Crippen LogP contribution in [0.15, 0.2) is 36.5 Å². The first-order valence-electron chi connectivity index (χ1n) is 7.12. The fourth-order valence-corrected chi connectivity index (χ4v) is 2.71. The Morgan fingerprint density at radius 1 is 1.00 bits per heavy atom. The maximum Gasteiger partial charge on any atom is 0.0792 e. The van der Waals surface area contributed by atoms with E-state index in [9.17, 15) is 0 Å². The summed E-state index contributed by atoms with van der Waals surface area (Å²) in [7, 11) is 0. The van der Waals surface area contributed by atoms with Crippen molar-refractivity contribution in [2.75, 3.05) is 26.3 Å². The van der Waals surface area contributed by atoms with Crippen LogP contribution in [-0.2, 0) is 6.54 Å². The Bertz CT molecular complexity index is 733. The van der Waals surface area contributed by atoms with Crippen molar-refractivity contribution in [3.63, 3.8) is 0 Å². The maximum atomic E-state index is 9.13. The predicted molar refractivity (Wildman–Crippen MR) is 83.0 cm³/mol. The van der Waals surface area contributed by atoms with E-state index in [2.05, 4.69) is 17.1 Å². The number of hydrogen-bond acceptors (Lipinski definition) is 4. The third-order valence-electron chi connectivity index (χ3n) is 3.69. The van der Waals surface area contributed by atoms with Gasteiger partial charge in [0.1, 0.15) is 0 Å². The number of pyridine rings is 1. The van der Waals surface area contributed by atoms with Crippen LogP contribution in [0, 0.1) is 0 Å². The minimum absolute atomic E-state index is 0.0709. The molecule has 5 nitrogen and oxygen atoms in total. The number of aliphatic hydroxyl groups is 2. The monoisotopic (exact) mass is 285 g/mol. The fourth-order valence-electron chi connectivity index (χ4n) is 2.71. The van der Waals surface area contributed by atoms with Crippen molar-refractivity contribution in [3.8, 4) is 0 Å². The fraction of sp³-hybridized carbons (Fsp3) is 0.312. The molecule has 5 heteroatoms. The minimum atomic E-state index is 0.0709. The van der Waals surface area contributed by atoms with Gasteiger partial charge < -0.3 is 15.2 Å². The van der Waals surface area contributed by atoms with E-state index >= 15 is 0 Å². The van der Waals surface area contributed by atoms with Crippen LogP contribution in [0.25, 0.3) is 21.8 Å². The zero-order valence-electron chi connectivity index (χ0n) is 11.8. The number of nitrogens with zero attached hydrogens (tertiary/aromatic N) is 2. The molecular formula is C16H19N3O2. The molecule has 3 N–H and O–H groups in total. The molecule has 3 aromatic rings. The standard InChI is InChI=1S/C16H19N3O2/c20-9-7-19(8-10-21)11-15-16-13(5-6-17-16)12-3-1-2-4-14(12)18-15/h1-6,17,20-21H,7-11H2. The molecule has 0 saturated carbocycles. The molecule has 2 heterocycles.